The molecule has 4 heteroatoms. The molecule has 0 aromatic carbocycles. The molecule has 0 spiro atoms. The van der Waals surface area contributed by atoms with Gasteiger partial charge < -0.3 is 14.6 Å². The maximum absolute atomic E-state index is 11.2. The van der Waals surface area contributed by atoms with Crippen LogP contribution in [0.2, 0.25) is 0 Å². The van der Waals surface area contributed by atoms with E-state index in [1.807, 2.05) is 0 Å². The van der Waals surface area contributed by atoms with Crippen LogP contribution in [0.4, 0.5) is 0 Å². The second kappa shape index (κ2) is 3.40. The van der Waals surface area contributed by atoms with Crippen molar-refractivity contribution in [2.24, 2.45) is 0 Å². The minimum absolute atomic E-state index is 0.113. The Hall–Kier alpha value is -1.29. The highest BCUT2D eigenvalue weighted by Crippen LogP contribution is 2.15. The fourth-order valence-corrected chi connectivity index (χ4v) is 0.953. The molecule has 12 heavy (non-hydrogen) atoms. The van der Waals surface area contributed by atoms with E-state index in [-0.39, 0.29) is 17.3 Å². The third kappa shape index (κ3) is 1.48. The molecule has 0 aromatic heterocycles. The van der Waals surface area contributed by atoms with Gasteiger partial charge in [0.2, 0.25) is 0 Å². The molecule has 0 amide bonds. The fourth-order valence-electron chi connectivity index (χ4n) is 0.953. The van der Waals surface area contributed by atoms with E-state index in [4.69, 9.17) is 14.6 Å². The van der Waals surface area contributed by atoms with Crippen molar-refractivity contribution < 1.29 is 19.4 Å². The summed E-state index contributed by atoms with van der Waals surface area (Å²) in [6.07, 6.45) is 1.84. The summed E-state index contributed by atoms with van der Waals surface area (Å²) in [6.45, 7) is 0. The van der Waals surface area contributed by atoms with Gasteiger partial charge in [-0.05, 0) is 12.2 Å². The molecule has 0 bridgehead atoms. The topological polar surface area (TPSA) is 55.8 Å². The Morgan fingerprint density at radius 2 is 1.67 bits per heavy atom. The lowest BCUT2D eigenvalue weighted by atomic mass is 10.1. The third-order valence-electron chi connectivity index (χ3n) is 1.53. The number of Topliss-reactive ketones (excluding diaryl/α,β-unsaturated/α-hetero) is 1. The minimum Gasteiger partial charge on any atom is -0.493 e. The largest absolute Gasteiger partial charge is 0.493 e. The number of carbonyl (C=O) groups excluding carboxylic acids is 1. The molecule has 0 heterocycles. The van der Waals surface area contributed by atoms with Crippen molar-refractivity contribution in [2.45, 2.75) is 6.10 Å². The number of hydrogen-bond acceptors (Lipinski definition) is 4. The number of ether oxygens (including phenoxy) is 2. The predicted molar refractivity (Wildman–Crippen MR) is 41.2 cm³/mol. The summed E-state index contributed by atoms with van der Waals surface area (Å²) in [7, 11) is 2.74. The van der Waals surface area contributed by atoms with Gasteiger partial charge in [-0.3, -0.25) is 4.79 Å². The maximum atomic E-state index is 11.2. The van der Waals surface area contributed by atoms with Gasteiger partial charge in [-0.15, -0.1) is 0 Å². The van der Waals surface area contributed by atoms with E-state index >= 15 is 0 Å². The van der Waals surface area contributed by atoms with Gasteiger partial charge in [0, 0.05) is 0 Å². The lowest BCUT2D eigenvalue weighted by molar-refractivity contribution is -0.118. The van der Waals surface area contributed by atoms with Gasteiger partial charge in [0.05, 0.1) is 20.3 Å². The first kappa shape index (κ1) is 8.80. The molecule has 4 nitrogen and oxygen atoms in total. The highest BCUT2D eigenvalue weighted by Gasteiger charge is 2.22. The van der Waals surface area contributed by atoms with Crippen molar-refractivity contribution in [1.82, 2.24) is 0 Å². The van der Waals surface area contributed by atoms with Crippen molar-refractivity contribution in [3.8, 4) is 0 Å². The second-order valence-electron chi connectivity index (χ2n) is 2.29. The summed E-state index contributed by atoms with van der Waals surface area (Å²) in [5, 5.41) is 9.16. The highest BCUT2D eigenvalue weighted by atomic mass is 16.5. The number of carbonyl (C=O) groups is 1. The normalized spacial score (nSPS) is 18.4. The van der Waals surface area contributed by atoms with Crippen molar-refractivity contribution >= 4 is 5.78 Å². The standard InChI is InChI=1S/C8H10O4/c1-11-6-3-5(9)4-7(12-2)8(6)10/h3-5,9H,1-2H3. The fraction of sp³-hybridized carbons (Fsp3) is 0.375. The summed E-state index contributed by atoms with van der Waals surface area (Å²) >= 11 is 0. The van der Waals surface area contributed by atoms with Crippen molar-refractivity contribution in [3.63, 3.8) is 0 Å². The van der Waals surface area contributed by atoms with Crippen molar-refractivity contribution in [3.05, 3.63) is 23.7 Å². The Morgan fingerprint density at radius 1 is 1.25 bits per heavy atom. The van der Waals surface area contributed by atoms with E-state index in [9.17, 15) is 4.79 Å². The van der Waals surface area contributed by atoms with Crippen LogP contribution in [-0.4, -0.2) is 31.2 Å². The maximum Gasteiger partial charge on any atom is 0.261 e. The van der Waals surface area contributed by atoms with E-state index in [1.54, 1.807) is 0 Å². The Morgan fingerprint density at radius 3 is 2.00 bits per heavy atom. The summed E-state index contributed by atoms with van der Waals surface area (Å²) in [6, 6.07) is 0. The Balaban J connectivity index is 2.90. The Bertz CT molecular complexity index is 228. The molecule has 0 saturated carbocycles. The average Bonchev–Trinajstić information content (AvgIpc) is 2.08. The molecule has 0 saturated heterocycles. The van der Waals surface area contributed by atoms with Crippen LogP contribution in [0.3, 0.4) is 0 Å². The molecule has 0 aliphatic heterocycles. The minimum atomic E-state index is -0.812. The van der Waals surface area contributed by atoms with Gasteiger partial charge in [0.15, 0.2) is 11.5 Å². The number of rotatable bonds is 2. The Labute approximate surface area is 70.1 Å². The molecular formula is C8H10O4. The first-order chi connectivity index (χ1) is 5.69. The van der Waals surface area contributed by atoms with E-state index in [1.165, 1.54) is 26.4 Å². The van der Waals surface area contributed by atoms with Gasteiger partial charge in [-0.2, -0.15) is 0 Å². The highest BCUT2D eigenvalue weighted by molar-refractivity contribution is 6.06. The van der Waals surface area contributed by atoms with Crippen LogP contribution in [0.25, 0.3) is 0 Å². The third-order valence-corrected chi connectivity index (χ3v) is 1.53. The molecule has 1 aliphatic carbocycles. The number of aliphatic hydroxyl groups is 1. The van der Waals surface area contributed by atoms with Gasteiger partial charge in [-0.1, -0.05) is 0 Å². The molecule has 1 N–H and O–H groups in total. The molecule has 0 fully saturated rings. The van der Waals surface area contributed by atoms with Gasteiger partial charge >= 0.3 is 0 Å². The van der Waals surface area contributed by atoms with Gasteiger partial charge in [0.25, 0.3) is 5.78 Å². The van der Waals surface area contributed by atoms with Crippen LogP contribution in [0, 0.1) is 0 Å². The van der Waals surface area contributed by atoms with Crippen LogP contribution in [-0.2, 0) is 14.3 Å². The molecule has 1 rings (SSSR count). The molecular weight excluding hydrogens is 160 g/mol. The van der Waals surface area contributed by atoms with Crippen LogP contribution >= 0.6 is 0 Å². The number of aliphatic hydroxyl groups excluding tert-OH is 1. The Kier molecular flexibility index (Phi) is 2.50. The molecule has 0 aromatic rings. The summed E-state index contributed by atoms with van der Waals surface area (Å²) < 4.78 is 9.47. The number of ketones is 1. The zero-order chi connectivity index (χ0) is 9.14. The lowest BCUT2D eigenvalue weighted by Gasteiger charge is -2.14. The van der Waals surface area contributed by atoms with E-state index in [2.05, 4.69) is 0 Å². The molecule has 0 unspecified atom stereocenters. The monoisotopic (exact) mass is 170 g/mol. The molecule has 0 atom stereocenters. The average molecular weight is 170 g/mol. The van der Waals surface area contributed by atoms with Crippen LogP contribution in [0.5, 0.6) is 0 Å². The van der Waals surface area contributed by atoms with E-state index < -0.39 is 6.10 Å². The van der Waals surface area contributed by atoms with Crippen molar-refractivity contribution in [1.29, 1.82) is 0 Å². The van der Waals surface area contributed by atoms with Crippen LogP contribution in [0.15, 0.2) is 23.7 Å². The van der Waals surface area contributed by atoms with Gasteiger partial charge in [0.1, 0.15) is 0 Å². The molecule has 0 radical (unpaired) electrons. The first-order valence-electron chi connectivity index (χ1n) is 3.43. The number of hydrogen-bond donors (Lipinski definition) is 1. The van der Waals surface area contributed by atoms with Crippen LogP contribution < -0.4 is 0 Å². The summed E-state index contributed by atoms with van der Waals surface area (Å²) in [4.78, 5) is 11.2. The number of methoxy groups -OCH3 is 2. The summed E-state index contributed by atoms with van der Waals surface area (Å²) in [5.74, 6) is -0.117. The van der Waals surface area contributed by atoms with E-state index in [0.717, 1.165) is 0 Å². The first-order valence-corrected chi connectivity index (χ1v) is 3.43. The quantitative estimate of drug-likeness (QED) is 0.633. The zero-order valence-electron chi connectivity index (χ0n) is 6.90. The lowest BCUT2D eigenvalue weighted by Crippen LogP contribution is -2.18. The van der Waals surface area contributed by atoms with Crippen molar-refractivity contribution in [2.75, 3.05) is 14.2 Å². The summed E-state index contributed by atoms with van der Waals surface area (Å²) in [5.41, 5.74) is 0. The second-order valence-corrected chi connectivity index (χ2v) is 2.29. The smallest absolute Gasteiger partial charge is 0.261 e. The van der Waals surface area contributed by atoms with Gasteiger partial charge in [-0.25, -0.2) is 0 Å². The van der Waals surface area contributed by atoms with Crippen LogP contribution in [0.1, 0.15) is 0 Å². The molecule has 66 valence electrons. The van der Waals surface area contributed by atoms with E-state index in [0.29, 0.717) is 0 Å². The predicted octanol–water partition coefficient (Wildman–Crippen LogP) is -0.00940. The SMILES string of the molecule is COC1=CC(O)C=C(OC)C1=O. The molecule has 1 aliphatic rings. The zero-order valence-corrected chi connectivity index (χ0v) is 6.90.